The predicted octanol–water partition coefficient (Wildman–Crippen LogP) is 2.07. The Morgan fingerprint density at radius 3 is 3.05 bits per heavy atom. The average molecular weight is 258 g/mol. The maximum Gasteiger partial charge on any atom is 0.137 e. The van der Waals surface area contributed by atoms with Crippen LogP contribution in [0.5, 0.6) is 0 Å². The minimum Gasteiger partial charge on any atom is -0.330 e. The number of likely N-dealkylation sites (tertiary alicyclic amines) is 1. The second kappa shape index (κ2) is 5.31. The molecule has 0 spiro atoms. The lowest BCUT2D eigenvalue weighted by Gasteiger charge is -2.39. The van der Waals surface area contributed by atoms with E-state index in [4.69, 9.17) is 10.7 Å². The number of imidazole rings is 1. The molecule has 102 valence electrons. The van der Waals surface area contributed by atoms with Crippen LogP contribution in [0.1, 0.15) is 31.5 Å². The number of piperidine rings is 1. The molecule has 2 unspecified atom stereocenters. The third-order valence-electron chi connectivity index (χ3n) is 4.25. The minimum atomic E-state index is 0.378. The van der Waals surface area contributed by atoms with Crippen molar-refractivity contribution in [1.29, 1.82) is 0 Å². The Morgan fingerprint density at radius 1 is 1.42 bits per heavy atom. The van der Waals surface area contributed by atoms with Crippen molar-refractivity contribution in [2.45, 2.75) is 25.8 Å². The van der Waals surface area contributed by atoms with E-state index in [1.807, 2.05) is 12.1 Å². The van der Waals surface area contributed by atoms with E-state index in [0.717, 1.165) is 25.3 Å². The molecule has 3 rings (SSSR count). The number of fused-ring (bicyclic) bond motifs is 1. The first kappa shape index (κ1) is 12.6. The molecule has 0 radical (unpaired) electrons. The zero-order valence-corrected chi connectivity index (χ0v) is 11.5. The SMILES string of the molecule is CCN1CCCC(CN)C1c1cn2ccccc2n1. The number of hydrogen-bond donors (Lipinski definition) is 1. The zero-order valence-electron chi connectivity index (χ0n) is 11.5. The smallest absolute Gasteiger partial charge is 0.137 e. The van der Waals surface area contributed by atoms with Crippen molar-refractivity contribution < 1.29 is 0 Å². The summed E-state index contributed by atoms with van der Waals surface area (Å²) in [6.07, 6.45) is 6.68. The number of aromatic nitrogens is 2. The van der Waals surface area contributed by atoms with E-state index in [1.54, 1.807) is 0 Å². The summed E-state index contributed by atoms with van der Waals surface area (Å²) in [4.78, 5) is 7.32. The van der Waals surface area contributed by atoms with Gasteiger partial charge in [0.25, 0.3) is 0 Å². The number of hydrogen-bond acceptors (Lipinski definition) is 3. The predicted molar refractivity (Wildman–Crippen MR) is 77.0 cm³/mol. The maximum absolute atomic E-state index is 5.98. The molecule has 0 bridgehead atoms. The summed E-state index contributed by atoms with van der Waals surface area (Å²) < 4.78 is 2.10. The van der Waals surface area contributed by atoms with E-state index in [2.05, 4.69) is 34.7 Å². The largest absolute Gasteiger partial charge is 0.330 e. The first-order valence-corrected chi connectivity index (χ1v) is 7.21. The second-order valence-corrected chi connectivity index (χ2v) is 5.34. The van der Waals surface area contributed by atoms with Crippen molar-refractivity contribution in [3.05, 3.63) is 36.3 Å². The van der Waals surface area contributed by atoms with Crippen LogP contribution in [-0.4, -0.2) is 33.9 Å². The van der Waals surface area contributed by atoms with Gasteiger partial charge in [-0.15, -0.1) is 0 Å². The van der Waals surface area contributed by atoms with Gasteiger partial charge in [-0.3, -0.25) is 4.90 Å². The molecular weight excluding hydrogens is 236 g/mol. The van der Waals surface area contributed by atoms with Gasteiger partial charge in [0.15, 0.2) is 0 Å². The average Bonchev–Trinajstić information content (AvgIpc) is 2.89. The van der Waals surface area contributed by atoms with E-state index in [-0.39, 0.29) is 0 Å². The fourth-order valence-electron chi connectivity index (χ4n) is 3.28. The molecule has 2 atom stereocenters. The van der Waals surface area contributed by atoms with Crippen LogP contribution >= 0.6 is 0 Å². The Labute approximate surface area is 114 Å². The highest BCUT2D eigenvalue weighted by Gasteiger charge is 2.32. The van der Waals surface area contributed by atoms with Crippen LogP contribution in [0.2, 0.25) is 0 Å². The minimum absolute atomic E-state index is 0.378. The van der Waals surface area contributed by atoms with Crippen LogP contribution in [0.4, 0.5) is 0 Å². The fraction of sp³-hybridized carbons (Fsp3) is 0.533. The molecule has 1 aliphatic heterocycles. The van der Waals surface area contributed by atoms with Crippen molar-refractivity contribution in [1.82, 2.24) is 14.3 Å². The molecule has 2 N–H and O–H groups in total. The summed E-state index contributed by atoms with van der Waals surface area (Å²) in [5.74, 6) is 0.526. The third kappa shape index (κ3) is 2.26. The van der Waals surface area contributed by atoms with Crippen LogP contribution in [-0.2, 0) is 0 Å². The Morgan fingerprint density at radius 2 is 2.32 bits per heavy atom. The van der Waals surface area contributed by atoms with Crippen molar-refractivity contribution in [3.63, 3.8) is 0 Å². The maximum atomic E-state index is 5.98. The number of nitrogens with zero attached hydrogens (tertiary/aromatic N) is 3. The summed E-state index contributed by atoms with van der Waals surface area (Å²) in [6.45, 7) is 5.19. The Kier molecular flexibility index (Phi) is 3.53. The van der Waals surface area contributed by atoms with Crippen LogP contribution < -0.4 is 5.73 Å². The first-order chi connectivity index (χ1) is 9.33. The van der Waals surface area contributed by atoms with Crippen molar-refractivity contribution >= 4 is 5.65 Å². The van der Waals surface area contributed by atoms with Gasteiger partial charge < -0.3 is 10.1 Å². The fourth-order valence-corrected chi connectivity index (χ4v) is 3.28. The highest BCUT2D eigenvalue weighted by molar-refractivity contribution is 5.40. The molecule has 2 aromatic rings. The molecule has 0 amide bonds. The van der Waals surface area contributed by atoms with Gasteiger partial charge >= 0.3 is 0 Å². The van der Waals surface area contributed by atoms with Crippen molar-refractivity contribution in [3.8, 4) is 0 Å². The van der Waals surface area contributed by atoms with Gasteiger partial charge in [-0.1, -0.05) is 13.0 Å². The van der Waals surface area contributed by atoms with Gasteiger partial charge in [0, 0.05) is 12.4 Å². The number of nitrogens with two attached hydrogens (primary N) is 1. The summed E-state index contributed by atoms with van der Waals surface area (Å²) in [6, 6.07) is 6.51. The molecule has 1 fully saturated rings. The van der Waals surface area contributed by atoms with Crippen LogP contribution in [0, 0.1) is 5.92 Å². The van der Waals surface area contributed by atoms with Gasteiger partial charge in [-0.05, 0) is 50.5 Å². The number of rotatable bonds is 3. The van der Waals surface area contributed by atoms with Gasteiger partial charge in [-0.2, -0.15) is 0 Å². The molecule has 4 heteroatoms. The van der Waals surface area contributed by atoms with Gasteiger partial charge in [0.2, 0.25) is 0 Å². The molecule has 0 aliphatic carbocycles. The van der Waals surface area contributed by atoms with Gasteiger partial charge in [0.1, 0.15) is 5.65 Å². The summed E-state index contributed by atoms with van der Waals surface area (Å²) in [7, 11) is 0. The molecule has 1 aliphatic rings. The monoisotopic (exact) mass is 258 g/mol. The highest BCUT2D eigenvalue weighted by atomic mass is 15.2. The Bertz CT molecular complexity index is 503. The van der Waals surface area contributed by atoms with Crippen LogP contribution in [0.25, 0.3) is 5.65 Å². The summed E-state index contributed by atoms with van der Waals surface area (Å²) >= 11 is 0. The molecule has 0 saturated carbocycles. The number of pyridine rings is 1. The van der Waals surface area contributed by atoms with E-state index >= 15 is 0 Å². The molecule has 4 nitrogen and oxygen atoms in total. The van der Waals surface area contributed by atoms with Crippen molar-refractivity contribution in [2.75, 3.05) is 19.6 Å². The Balaban J connectivity index is 2.00. The van der Waals surface area contributed by atoms with Crippen LogP contribution in [0.15, 0.2) is 30.6 Å². The van der Waals surface area contributed by atoms with E-state index in [0.29, 0.717) is 12.0 Å². The molecular formula is C15H22N4. The standard InChI is InChI=1S/C15H22N4/c1-2-18-9-5-6-12(10-16)15(18)13-11-19-8-4-3-7-14(19)17-13/h3-4,7-8,11-12,15H,2,5-6,9-10,16H2,1H3. The van der Waals surface area contributed by atoms with E-state index in [1.165, 1.54) is 18.5 Å². The lowest BCUT2D eigenvalue weighted by molar-refractivity contribution is 0.0993. The van der Waals surface area contributed by atoms with Gasteiger partial charge in [-0.25, -0.2) is 4.98 Å². The lowest BCUT2D eigenvalue weighted by Crippen LogP contribution is -2.41. The molecule has 3 heterocycles. The Hall–Kier alpha value is -1.39. The normalized spacial score (nSPS) is 24.9. The molecule has 19 heavy (non-hydrogen) atoms. The second-order valence-electron chi connectivity index (χ2n) is 5.34. The summed E-state index contributed by atoms with van der Waals surface area (Å²) in [5, 5.41) is 0. The molecule has 2 aromatic heterocycles. The first-order valence-electron chi connectivity index (χ1n) is 7.21. The van der Waals surface area contributed by atoms with Crippen LogP contribution in [0.3, 0.4) is 0 Å². The molecule has 0 aromatic carbocycles. The lowest BCUT2D eigenvalue weighted by atomic mass is 9.87. The molecule has 1 saturated heterocycles. The van der Waals surface area contributed by atoms with Gasteiger partial charge in [0.05, 0.1) is 11.7 Å². The van der Waals surface area contributed by atoms with E-state index < -0.39 is 0 Å². The topological polar surface area (TPSA) is 46.6 Å². The van der Waals surface area contributed by atoms with E-state index in [9.17, 15) is 0 Å². The van der Waals surface area contributed by atoms with Crippen molar-refractivity contribution in [2.24, 2.45) is 11.7 Å². The quantitative estimate of drug-likeness (QED) is 0.916. The third-order valence-corrected chi connectivity index (χ3v) is 4.25. The zero-order chi connectivity index (χ0) is 13.2. The highest BCUT2D eigenvalue weighted by Crippen LogP contribution is 2.34. The summed E-state index contributed by atoms with van der Waals surface area (Å²) in [5.41, 5.74) is 8.17.